The summed E-state index contributed by atoms with van der Waals surface area (Å²) in [4.78, 5) is 12.0. The monoisotopic (exact) mass is 229 g/mol. The highest BCUT2D eigenvalue weighted by atomic mass is 16.5. The number of carbonyl (C=O) groups is 1. The summed E-state index contributed by atoms with van der Waals surface area (Å²) in [6, 6.07) is 0.0178. The molecule has 0 aliphatic heterocycles. The van der Waals surface area contributed by atoms with Gasteiger partial charge in [0, 0.05) is 12.5 Å². The molecule has 0 heterocycles. The van der Waals surface area contributed by atoms with Crippen molar-refractivity contribution < 1.29 is 9.53 Å². The van der Waals surface area contributed by atoms with Gasteiger partial charge in [-0.05, 0) is 19.8 Å². The first-order valence-electron chi connectivity index (χ1n) is 5.88. The zero-order chi connectivity index (χ0) is 13.1. The summed E-state index contributed by atoms with van der Waals surface area (Å²) in [6.07, 6.45) is 0. The molecule has 0 bridgehead atoms. The lowest BCUT2D eigenvalue weighted by Crippen LogP contribution is -2.55. The molecule has 96 valence electrons. The zero-order valence-electron chi connectivity index (χ0n) is 12.0. The van der Waals surface area contributed by atoms with E-state index in [1.54, 1.807) is 7.11 Å². The third kappa shape index (κ3) is 4.12. The Kier molecular flexibility index (Phi) is 4.99. The fourth-order valence-electron chi connectivity index (χ4n) is 1.63. The summed E-state index contributed by atoms with van der Waals surface area (Å²) in [5, 5.41) is 3.08. The molecule has 0 radical (unpaired) electrons. The van der Waals surface area contributed by atoms with Crippen LogP contribution in [0.3, 0.4) is 0 Å². The SMILES string of the molecule is COC(C)(C)C(NC(=O)C(C)(C)C)C(C)C. The molecule has 3 nitrogen and oxygen atoms in total. The molecule has 0 saturated heterocycles. The van der Waals surface area contributed by atoms with Crippen LogP contribution >= 0.6 is 0 Å². The van der Waals surface area contributed by atoms with Crippen LogP contribution in [0.25, 0.3) is 0 Å². The number of rotatable bonds is 4. The standard InChI is InChI=1S/C13H27NO2/c1-9(2)10(13(6,7)16-8)14-11(15)12(3,4)5/h9-10H,1-8H3,(H,14,15). The Labute approximate surface area is 99.9 Å². The van der Waals surface area contributed by atoms with Crippen LogP contribution in [0.1, 0.15) is 48.5 Å². The van der Waals surface area contributed by atoms with E-state index in [4.69, 9.17) is 4.74 Å². The summed E-state index contributed by atoms with van der Waals surface area (Å²) in [5.41, 5.74) is -0.716. The molecule has 1 amide bonds. The van der Waals surface area contributed by atoms with Crippen molar-refractivity contribution in [3.05, 3.63) is 0 Å². The highest BCUT2D eigenvalue weighted by molar-refractivity contribution is 5.81. The molecule has 0 aromatic heterocycles. The van der Waals surface area contributed by atoms with E-state index in [0.29, 0.717) is 5.92 Å². The first-order chi connectivity index (χ1) is 7.02. The first kappa shape index (κ1) is 15.4. The fourth-order valence-corrected chi connectivity index (χ4v) is 1.63. The van der Waals surface area contributed by atoms with Gasteiger partial charge in [0.2, 0.25) is 5.91 Å². The Balaban J connectivity index is 4.79. The van der Waals surface area contributed by atoms with Crippen LogP contribution in [0, 0.1) is 11.3 Å². The minimum Gasteiger partial charge on any atom is -0.377 e. The normalized spacial score (nSPS) is 15.1. The van der Waals surface area contributed by atoms with Crippen molar-refractivity contribution in [2.75, 3.05) is 7.11 Å². The van der Waals surface area contributed by atoms with Crippen LogP contribution < -0.4 is 5.32 Å². The van der Waals surface area contributed by atoms with E-state index < -0.39 is 0 Å². The molecule has 0 aliphatic carbocycles. The average Bonchev–Trinajstić information content (AvgIpc) is 2.11. The summed E-state index contributed by atoms with van der Waals surface area (Å²) in [7, 11) is 1.68. The molecule has 0 rings (SSSR count). The predicted octanol–water partition coefficient (Wildman–Crippen LogP) is 2.60. The molecule has 3 heteroatoms. The quantitative estimate of drug-likeness (QED) is 0.804. The third-order valence-electron chi connectivity index (χ3n) is 2.91. The van der Waals surface area contributed by atoms with Crippen molar-refractivity contribution in [1.29, 1.82) is 0 Å². The lowest BCUT2D eigenvalue weighted by molar-refractivity contribution is -0.132. The minimum atomic E-state index is -0.364. The molecule has 0 fully saturated rings. The van der Waals surface area contributed by atoms with Crippen molar-refractivity contribution in [1.82, 2.24) is 5.32 Å². The smallest absolute Gasteiger partial charge is 0.225 e. The molecule has 0 spiro atoms. The Hall–Kier alpha value is -0.570. The van der Waals surface area contributed by atoms with Gasteiger partial charge in [0.25, 0.3) is 0 Å². The fraction of sp³-hybridized carbons (Fsp3) is 0.923. The van der Waals surface area contributed by atoms with Crippen LogP contribution in [-0.4, -0.2) is 24.7 Å². The summed E-state index contributed by atoms with van der Waals surface area (Å²) < 4.78 is 5.46. The summed E-state index contributed by atoms with van der Waals surface area (Å²) >= 11 is 0. The molecule has 16 heavy (non-hydrogen) atoms. The topological polar surface area (TPSA) is 38.3 Å². The largest absolute Gasteiger partial charge is 0.377 e. The Morgan fingerprint density at radius 2 is 1.56 bits per heavy atom. The molecule has 0 aromatic carbocycles. The molecule has 1 atom stereocenters. The molecule has 1 N–H and O–H groups in total. The van der Waals surface area contributed by atoms with E-state index in [-0.39, 0.29) is 23.0 Å². The van der Waals surface area contributed by atoms with Gasteiger partial charge in [-0.2, -0.15) is 0 Å². The van der Waals surface area contributed by atoms with Gasteiger partial charge in [-0.15, -0.1) is 0 Å². The summed E-state index contributed by atoms with van der Waals surface area (Å²) in [6.45, 7) is 13.9. The second kappa shape index (κ2) is 5.17. The minimum absolute atomic E-state index is 0.0178. The highest BCUT2D eigenvalue weighted by Crippen LogP contribution is 2.22. The summed E-state index contributed by atoms with van der Waals surface area (Å²) in [5.74, 6) is 0.401. The average molecular weight is 229 g/mol. The van der Waals surface area contributed by atoms with Gasteiger partial charge in [0.1, 0.15) is 0 Å². The van der Waals surface area contributed by atoms with Gasteiger partial charge in [-0.1, -0.05) is 34.6 Å². The molecule has 1 unspecified atom stereocenters. The maximum Gasteiger partial charge on any atom is 0.225 e. The van der Waals surface area contributed by atoms with Crippen LogP contribution in [0.15, 0.2) is 0 Å². The second-order valence-electron chi connectivity index (χ2n) is 6.25. The Morgan fingerprint density at radius 1 is 1.12 bits per heavy atom. The van der Waals surface area contributed by atoms with Crippen molar-refractivity contribution in [3.63, 3.8) is 0 Å². The van der Waals surface area contributed by atoms with Crippen LogP contribution in [-0.2, 0) is 9.53 Å². The van der Waals surface area contributed by atoms with E-state index in [0.717, 1.165) is 0 Å². The van der Waals surface area contributed by atoms with E-state index in [1.165, 1.54) is 0 Å². The molecule has 0 aromatic rings. The van der Waals surface area contributed by atoms with Gasteiger partial charge in [-0.25, -0.2) is 0 Å². The molecular weight excluding hydrogens is 202 g/mol. The van der Waals surface area contributed by atoms with E-state index in [2.05, 4.69) is 19.2 Å². The number of hydrogen-bond donors (Lipinski definition) is 1. The zero-order valence-corrected chi connectivity index (χ0v) is 12.0. The number of nitrogens with one attached hydrogen (secondary N) is 1. The van der Waals surface area contributed by atoms with Crippen molar-refractivity contribution in [2.24, 2.45) is 11.3 Å². The van der Waals surface area contributed by atoms with Gasteiger partial charge in [0.15, 0.2) is 0 Å². The number of carbonyl (C=O) groups excluding carboxylic acids is 1. The number of ether oxygens (including phenoxy) is 1. The lowest BCUT2D eigenvalue weighted by atomic mass is 9.87. The van der Waals surface area contributed by atoms with Gasteiger partial charge in [0.05, 0.1) is 11.6 Å². The first-order valence-corrected chi connectivity index (χ1v) is 5.88. The lowest BCUT2D eigenvalue weighted by Gasteiger charge is -2.38. The highest BCUT2D eigenvalue weighted by Gasteiger charge is 2.35. The predicted molar refractivity (Wildman–Crippen MR) is 67.3 cm³/mol. The molecular formula is C13H27NO2. The Bertz CT molecular complexity index is 239. The molecule has 0 aliphatic rings. The van der Waals surface area contributed by atoms with Gasteiger partial charge >= 0.3 is 0 Å². The maximum absolute atomic E-state index is 12.0. The number of methoxy groups -OCH3 is 1. The van der Waals surface area contributed by atoms with Crippen LogP contribution in [0.2, 0.25) is 0 Å². The van der Waals surface area contributed by atoms with Gasteiger partial charge in [-0.3, -0.25) is 4.79 Å². The maximum atomic E-state index is 12.0. The van der Waals surface area contributed by atoms with Crippen LogP contribution in [0.5, 0.6) is 0 Å². The van der Waals surface area contributed by atoms with E-state index >= 15 is 0 Å². The van der Waals surface area contributed by atoms with Crippen LogP contribution in [0.4, 0.5) is 0 Å². The van der Waals surface area contributed by atoms with Crippen molar-refractivity contribution >= 4 is 5.91 Å². The third-order valence-corrected chi connectivity index (χ3v) is 2.91. The second-order valence-corrected chi connectivity index (χ2v) is 6.25. The Morgan fingerprint density at radius 3 is 1.81 bits per heavy atom. The molecule has 0 saturated carbocycles. The number of amides is 1. The van der Waals surface area contributed by atoms with E-state index in [9.17, 15) is 4.79 Å². The van der Waals surface area contributed by atoms with Crippen molar-refractivity contribution in [2.45, 2.75) is 60.1 Å². The van der Waals surface area contributed by atoms with E-state index in [1.807, 2.05) is 34.6 Å². The van der Waals surface area contributed by atoms with Gasteiger partial charge < -0.3 is 10.1 Å². The van der Waals surface area contributed by atoms with Crippen molar-refractivity contribution in [3.8, 4) is 0 Å². The number of hydrogen-bond acceptors (Lipinski definition) is 2.